The summed E-state index contributed by atoms with van der Waals surface area (Å²) in [6, 6.07) is 10.1. The lowest BCUT2D eigenvalue weighted by Gasteiger charge is -2.51. The van der Waals surface area contributed by atoms with Gasteiger partial charge in [-0.3, -0.25) is 9.13 Å². The van der Waals surface area contributed by atoms with E-state index in [1.807, 2.05) is 51.9 Å². The van der Waals surface area contributed by atoms with Gasteiger partial charge in [0.25, 0.3) is 0 Å². The zero-order valence-corrected chi connectivity index (χ0v) is 17.4. The fraction of sp³-hybridized carbons (Fsp3) is 0.318. The first kappa shape index (κ1) is 18.2. The minimum absolute atomic E-state index is 0.246. The molecule has 0 N–H and O–H groups in total. The quantitative estimate of drug-likeness (QED) is 0.509. The molecule has 3 aromatic heterocycles. The molecule has 0 amide bonds. The Labute approximate surface area is 179 Å². The summed E-state index contributed by atoms with van der Waals surface area (Å²) in [5.74, 6) is 3.37. The lowest BCUT2D eigenvalue weighted by Crippen LogP contribution is -2.61. The van der Waals surface area contributed by atoms with E-state index in [0.29, 0.717) is 19.2 Å². The van der Waals surface area contributed by atoms with Gasteiger partial charge in [-0.05, 0) is 5.92 Å². The number of ether oxygens (including phenoxy) is 1. The van der Waals surface area contributed by atoms with Gasteiger partial charge in [0.1, 0.15) is 23.4 Å². The first-order valence-corrected chi connectivity index (χ1v) is 10.4. The number of benzene rings is 1. The van der Waals surface area contributed by atoms with Crippen LogP contribution < -0.4 is 4.90 Å². The van der Waals surface area contributed by atoms with Gasteiger partial charge in [-0.25, -0.2) is 9.97 Å². The normalized spacial score (nSPS) is 19.8. The van der Waals surface area contributed by atoms with Crippen molar-refractivity contribution in [3.05, 3.63) is 61.1 Å². The molecule has 0 saturated carbocycles. The molecule has 0 spiro atoms. The highest BCUT2D eigenvalue weighted by Gasteiger charge is 2.52. The van der Waals surface area contributed by atoms with Crippen molar-refractivity contribution < 1.29 is 4.74 Å². The van der Waals surface area contributed by atoms with E-state index in [2.05, 4.69) is 38.9 Å². The highest BCUT2D eigenvalue weighted by atomic mass is 16.5. The van der Waals surface area contributed by atoms with E-state index in [4.69, 9.17) is 9.72 Å². The van der Waals surface area contributed by atoms with E-state index in [0.717, 1.165) is 35.3 Å². The van der Waals surface area contributed by atoms with Gasteiger partial charge < -0.3 is 9.64 Å². The van der Waals surface area contributed by atoms with Crippen molar-refractivity contribution in [2.75, 3.05) is 24.7 Å². The van der Waals surface area contributed by atoms with Crippen molar-refractivity contribution in [3.63, 3.8) is 0 Å². The van der Waals surface area contributed by atoms with Crippen LogP contribution in [0, 0.1) is 5.92 Å². The van der Waals surface area contributed by atoms with Crippen LogP contribution in [-0.4, -0.2) is 54.0 Å². The van der Waals surface area contributed by atoms with Crippen LogP contribution >= 0.6 is 0 Å². The lowest BCUT2D eigenvalue weighted by molar-refractivity contribution is 0.0188. The average molecular weight is 414 g/mol. The van der Waals surface area contributed by atoms with E-state index in [1.54, 1.807) is 12.5 Å². The second-order valence-corrected chi connectivity index (χ2v) is 8.17. The Hall–Kier alpha value is -3.59. The van der Waals surface area contributed by atoms with Gasteiger partial charge in [-0.2, -0.15) is 4.98 Å². The van der Waals surface area contributed by atoms with Crippen LogP contribution in [0.2, 0.25) is 0 Å². The first-order chi connectivity index (χ1) is 15.2. The summed E-state index contributed by atoms with van der Waals surface area (Å²) in [6.45, 7) is 6.29. The monoisotopic (exact) mass is 414 g/mol. The molecule has 0 bridgehead atoms. The van der Waals surface area contributed by atoms with Crippen LogP contribution in [0.4, 0.5) is 5.82 Å². The molecular formula is C22H22N8O. The zero-order chi connectivity index (χ0) is 21.0. The molecule has 1 fully saturated rings. The maximum absolute atomic E-state index is 5.94. The minimum Gasteiger partial charge on any atom is -0.377 e. The van der Waals surface area contributed by atoms with Crippen LogP contribution in [0.3, 0.4) is 0 Å². The van der Waals surface area contributed by atoms with Gasteiger partial charge in [0.2, 0.25) is 5.95 Å². The molecule has 1 unspecified atom stereocenters. The second-order valence-electron chi connectivity index (χ2n) is 8.17. The van der Waals surface area contributed by atoms with Gasteiger partial charge in [0.15, 0.2) is 11.6 Å². The third-order valence-corrected chi connectivity index (χ3v) is 6.29. The SMILES string of the molecule is CC(C)C12COCCN1c1nc(-n3ccnc3-c3ccccc3)ncc1-n1cnnc12. The molecule has 156 valence electrons. The number of morpholine rings is 1. The third kappa shape index (κ3) is 2.50. The maximum atomic E-state index is 5.94. The summed E-state index contributed by atoms with van der Waals surface area (Å²) in [5, 5.41) is 8.69. The Balaban J connectivity index is 1.54. The van der Waals surface area contributed by atoms with Crippen LogP contribution in [0.25, 0.3) is 23.0 Å². The molecule has 5 heterocycles. The van der Waals surface area contributed by atoms with E-state index >= 15 is 0 Å². The van der Waals surface area contributed by atoms with Gasteiger partial charge >= 0.3 is 0 Å². The highest BCUT2D eigenvalue weighted by molar-refractivity contribution is 5.65. The third-order valence-electron chi connectivity index (χ3n) is 6.29. The molecule has 31 heavy (non-hydrogen) atoms. The summed E-state index contributed by atoms with van der Waals surface area (Å²) in [5.41, 5.74) is 1.46. The van der Waals surface area contributed by atoms with Crippen LogP contribution in [0.15, 0.2) is 55.2 Å². The van der Waals surface area contributed by atoms with Crippen molar-refractivity contribution >= 4 is 5.82 Å². The van der Waals surface area contributed by atoms with Gasteiger partial charge in [0, 0.05) is 24.5 Å². The van der Waals surface area contributed by atoms with Gasteiger partial charge in [0.05, 0.1) is 19.4 Å². The minimum atomic E-state index is -0.426. The fourth-order valence-electron chi connectivity index (χ4n) is 4.69. The average Bonchev–Trinajstić information content (AvgIpc) is 3.50. The van der Waals surface area contributed by atoms with Gasteiger partial charge in [-0.15, -0.1) is 10.2 Å². The van der Waals surface area contributed by atoms with E-state index in [9.17, 15) is 0 Å². The molecule has 4 aromatic rings. The van der Waals surface area contributed by atoms with Gasteiger partial charge in [-0.1, -0.05) is 44.2 Å². The number of hydrogen-bond donors (Lipinski definition) is 0. The Kier molecular flexibility index (Phi) is 3.94. The summed E-state index contributed by atoms with van der Waals surface area (Å²) >= 11 is 0. The van der Waals surface area contributed by atoms with Crippen molar-refractivity contribution in [3.8, 4) is 23.0 Å². The largest absolute Gasteiger partial charge is 0.377 e. The summed E-state index contributed by atoms with van der Waals surface area (Å²) in [6.07, 6.45) is 7.25. The van der Waals surface area contributed by atoms with Crippen molar-refractivity contribution in [2.24, 2.45) is 5.92 Å². The van der Waals surface area contributed by atoms with Crippen LogP contribution in [0.1, 0.15) is 19.7 Å². The highest BCUT2D eigenvalue weighted by Crippen LogP contribution is 2.46. The fourth-order valence-corrected chi connectivity index (χ4v) is 4.69. The number of hydrogen-bond acceptors (Lipinski definition) is 7. The van der Waals surface area contributed by atoms with E-state index in [-0.39, 0.29) is 5.92 Å². The van der Waals surface area contributed by atoms with Crippen molar-refractivity contribution in [1.82, 2.24) is 34.3 Å². The molecule has 2 aliphatic rings. The first-order valence-electron chi connectivity index (χ1n) is 10.4. The number of imidazole rings is 1. The molecular weight excluding hydrogens is 392 g/mol. The molecule has 1 aromatic carbocycles. The van der Waals surface area contributed by atoms with E-state index in [1.165, 1.54) is 0 Å². The number of aromatic nitrogens is 7. The number of nitrogens with zero attached hydrogens (tertiary/aromatic N) is 8. The van der Waals surface area contributed by atoms with Crippen molar-refractivity contribution in [1.29, 1.82) is 0 Å². The van der Waals surface area contributed by atoms with E-state index < -0.39 is 5.54 Å². The number of rotatable bonds is 3. The molecule has 9 heteroatoms. The standard InChI is InChI=1S/C22H22N8O/c1-15(2)22-13-31-11-10-30(22)19-17(29-14-25-27-20(22)29)12-24-21(26-19)28-9-8-23-18(28)16-6-4-3-5-7-16/h3-9,12,14-15H,10-11,13H2,1-2H3. The molecule has 0 radical (unpaired) electrons. The van der Waals surface area contributed by atoms with Crippen molar-refractivity contribution in [2.45, 2.75) is 19.4 Å². The molecule has 1 atom stereocenters. The molecule has 6 rings (SSSR count). The smallest absolute Gasteiger partial charge is 0.237 e. The number of anilines is 1. The molecule has 9 nitrogen and oxygen atoms in total. The Morgan fingerprint density at radius 2 is 1.97 bits per heavy atom. The zero-order valence-electron chi connectivity index (χ0n) is 17.4. The lowest BCUT2D eigenvalue weighted by atomic mass is 9.82. The van der Waals surface area contributed by atoms with Crippen LogP contribution in [-0.2, 0) is 10.3 Å². The Bertz CT molecular complexity index is 1250. The van der Waals surface area contributed by atoms with Crippen LogP contribution in [0.5, 0.6) is 0 Å². The summed E-state index contributed by atoms with van der Waals surface area (Å²) in [7, 11) is 0. The number of fused-ring (bicyclic) bond motifs is 6. The predicted octanol–water partition coefficient (Wildman–Crippen LogP) is 2.61. The molecule has 2 aliphatic heterocycles. The second kappa shape index (κ2) is 6.71. The topological polar surface area (TPSA) is 86.8 Å². The molecule has 1 saturated heterocycles. The predicted molar refractivity (Wildman–Crippen MR) is 114 cm³/mol. The Morgan fingerprint density at radius 1 is 1.10 bits per heavy atom. The maximum Gasteiger partial charge on any atom is 0.237 e. The summed E-state index contributed by atoms with van der Waals surface area (Å²) in [4.78, 5) is 16.6. The Morgan fingerprint density at radius 3 is 2.81 bits per heavy atom. The summed E-state index contributed by atoms with van der Waals surface area (Å²) < 4.78 is 9.86. The molecule has 0 aliphatic carbocycles.